The Morgan fingerprint density at radius 3 is 2.50 bits per heavy atom. The highest BCUT2D eigenvalue weighted by atomic mass is 35.5. The lowest BCUT2D eigenvalue weighted by Crippen LogP contribution is -2.30. The summed E-state index contributed by atoms with van der Waals surface area (Å²) < 4.78 is 18.9. The number of hydrogen-bond acceptors (Lipinski definition) is 12. The second kappa shape index (κ2) is 19.8. The van der Waals surface area contributed by atoms with Crippen LogP contribution >= 0.6 is 11.6 Å². The van der Waals surface area contributed by atoms with Gasteiger partial charge in [0.15, 0.2) is 5.82 Å². The third kappa shape index (κ3) is 11.0. The number of nitrogens with one attached hydrogen (secondary N) is 2. The number of hydrogen-bond donors (Lipinski definition) is 4. The summed E-state index contributed by atoms with van der Waals surface area (Å²) >= 11 is 6.87. The molecule has 2 unspecified atom stereocenters. The van der Waals surface area contributed by atoms with Crippen LogP contribution in [0.4, 0.5) is 0 Å². The smallest absolute Gasteiger partial charge is 0.152 e. The molecule has 54 heavy (non-hydrogen) atoms. The third-order valence-corrected chi connectivity index (χ3v) is 9.33. The van der Waals surface area contributed by atoms with Crippen molar-refractivity contribution in [1.82, 2.24) is 35.8 Å². The molecule has 3 aromatic carbocycles. The summed E-state index contributed by atoms with van der Waals surface area (Å²) in [5.74, 6) is 2.68. The summed E-state index contributed by atoms with van der Waals surface area (Å²) in [5, 5.41) is 45.7. The number of aliphatic hydroxyl groups is 2. The predicted octanol–water partition coefficient (Wildman–Crippen LogP) is 5.51. The number of benzene rings is 3. The molecule has 5 aromatic rings. The zero-order valence-corrected chi connectivity index (χ0v) is 31.8. The van der Waals surface area contributed by atoms with Gasteiger partial charge in [-0.3, -0.25) is 4.98 Å². The van der Waals surface area contributed by atoms with E-state index in [1.807, 2.05) is 43.4 Å². The van der Waals surface area contributed by atoms with Gasteiger partial charge in [0.25, 0.3) is 0 Å². The third-order valence-electron chi connectivity index (χ3n) is 9.04. The molecule has 0 aliphatic heterocycles. The molecule has 13 nitrogen and oxygen atoms in total. The molecule has 2 aromatic heterocycles. The Morgan fingerprint density at radius 1 is 0.963 bits per heavy atom. The molecule has 0 bridgehead atoms. The Labute approximate surface area is 320 Å². The van der Waals surface area contributed by atoms with Crippen molar-refractivity contribution < 1.29 is 24.4 Å². The molecule has 0 saturated heterocycles. The van der Waals surface area contributed by atoms with Gasteiger partial charge in [-0.05, 0) is 90.3 Å². The summed E-state index contributed by atoms with van der Waals surface area (Å²) in [6.45, 7) is 9.16. The number of halogens is 1. The standard InChI is InChI=1S/C40H47ClN8O5/c1-26(40-45-47-48-46-40)21-49(4)22-32-15-36(41)39(16-38(32)53-24-30-14-29(17-42)18-44-19-30)54-25-31-8-5-9-34(27(31)2)35-10-6-11-37(28(35)3)52-13-7-12-43-20-33(51)23-50/h5-6,8-11,14-16,18-19,26,33,43,50-51H,7,12-13,20-25H2,1-4H3,(H,45,46,47,48). The van der Waals surface area contributed by atoms with Crippen LogP contribution in [0.25, 0.3) is 11.1 Å². The first kappa shape index (κ1) is 40.1. The number of nitriles is 1. The highest BCUT2D eigenvalue weighted by Crippen LogP contribution is 2.37. The van der Waals surface area contributed by atoms with E-state index < -0.39 is 6.10 Å². The second-order valence-corrected chi connectivity index (χ2v) is 13.7. The van der Waals surface area contributed by atoms with Gasteiger partial charge < -0.3 is 34.6 Å². The molecule has 284 valence electrons. The maximum absolute atomic E-state index is 9.50. The number of tetrazole rings is 1. The van der Waals surface area contributed by atoms with E-state index in [9.17, 15) is 10.4 Å². The van der Waals surface area contributed by atoms with Gasteiger partial charge in [-0.1, -0.05) is 48.9 Å². The van der Waals surface area contributed by atoms with E-state index in [2.05, 4.69) is 74.8 Å². The minimum absolute atomic E-state index is 0.0670. The van der Waals surface area contributed by atoms with Crippen molar-refractivity contribution >= 4 is 11.6 Å². The highest BCUT2D eigenvalue weighted by Gasteiger charge is 2.18. The van der Waals surface area contributed by atoms with Gasteiger partial charge >= 0.3 is 0 Å². The first-order chi connectivity index (χ1) is 26.2. The number of aromatic amines is 1. The fourth-order valence-corrected chi connectivity index (χ4v) is 6.32. The molecule has 0 radical (unpaired) electrons. The molecule has 0 amide bonds. The molecule has 4 N–H and O–H groups in total. The van der Waals surface area contributed by atoms with Crippen LogP contribution in [0.1, 0.15) is 58.5 Å². The highest BCUT2D eigenvalue weighted by molar-refractivity contribution is 6.32. The fourth-order valence-electron chi connectivity index (χ4n) is 6.08. The minimum Gasteiger partial charge on any atom is -0.493 e. The van der Waals surface area contributed by atoms with Crippen LogP contribution in [0.5, 0.6) is 17.2 Å². The normalized spacial score (nSPS) is 12.4. The van der Waals surface area contributed by atoms with Crippen molar-refractivity contribution in [3.63, 3.8) is 0 Å². The van der Waals surface area contributed by atoms with Crippen LogP contribution in [0.15, 0.2) is 67.0 Å². The molecule has 0 aliphatic rings. The molecule has 0 spiro atoms. The number of ether oxygens (including phenoxy) is 3. The number of H-pyrrole nitrogens is 1. The van der Waals surface area contributed by atoms with Crippen LogP contribution in [0.2, 0.25) is 5.02 Å². The zero-order chi connectivity index (χ0) is 38.5. The van der Waals surface area contributed by atoms with E-state index in [4.69, 9.17) is 30.9 Å². The van der Waals surface area contributed by atoms with E-state index in [-0.39, 0.29) is 25.7 Å². The summed E-state index contributed by atoms with van der Waals surface area (Å²) in [6.07, 6.45) is 3.19. The lowest BCUT2D eigenvalue weighted by atomic mass is 9.93. The molecular formula is C40H47ClN8O5. The zero-order valence-electron chi connectivity index (χ0n) is 31.0. The number of likely N-dealkylation sites (N-methyl/N-ethyl adjacent to an activating group) is 1. The largest absolute Gasteiger partial charge is 0.493 e. The van der Waals surface area contributed by atoms with Gasteiger partial charge in [-0.2, -0.15) is 5.26 Å². The lowest BCUT2D eigenvalue weighted by Gasteiger charge is -2.22. The van der Waals surface area contributed by atoms with Crippen LogP contribution in [0, 0.1) is 25.2 Å². The number of aliphatic hydroxyl groups excluding tert-OH is 2. The summed E-state index contributed by atoms with van der Waals surface area (Å²) in [4.78, 5) is 6.31. The van der Waals surface area contributed by atoms with E-state index in [0.29, 0.717) is 60.7 Å². The Balaban J connectivity index is 1.30. The van der Waals surface area contributed by atoms with Crippen molar-refractivity contribution in [2.24, 2.45) is 0 Å². The van der Waals surface area contributed by atoms with Gasteiger partial charge in [0.05, 0.1) is 29.9 Å². The van der Waals surface area contributed by atoms with Gasteiger partial charge in [-0.15, -0.1) is 5.10 Å². The van der Waals surface area contributed by atoms with Crippen molar-refractivity contribution in [1.29, 1.82) is 5.26 Å². The monoisotopic (exact) mass is 754 g/mol. The first-order valence-corrected chi connectivity index (χ1v) is 18.2. The molecule has 0 saturated carbocycles. The summed E-state index contributed by atoms with van der Waals surface area (Å²) in [5.41, 5.74) is 7.37. The topological polar surface area (TPSA) is 175 Å². The number of rotatable bonds is 20. The van der Waals surface area contributed by atoms with Gasteiger partial charge in [0.2, 0.25) is 0 Å². The van der Waals surface area contributed by atoms with E-state index >= 15 is 0 Å². The molecule has 5 rings (SSSR count). The maximum Gasteiger partial charge on any atom is 0.152 e. The Kier molecular flexibility index (Phi) is 14.7. The molecular weight excluding hydrogens is 708 g/mol. The summed E-state index contributed by atoms with van der Waals surface area (Å²) in [6, 6.07) is 19.8. The molecule has 2 atom stereocenters. The average Bonchev–Trinajstić information content (AvgIpc) is 3.72. The van der Waals surface area contributed by atoms with Crippen LogP contribution in [-0.4, -0.2) is 86.7 Å². The Hall–Kier alpha value is -5.10. The van der Waals surface area contributed by atoms with Crippen molar-refractivity contribution in [3.05, 3.63) is 111 Å². The first-order valence-electron chi connectivity index (χ1n) is 17.8. The average molecular weight is 755 g/mol. The molecule has 2 heterocycles. The second-order valence-electron chi connectivity index (χ2n) is 13.3. The predicted molar refractivity (Wildman–Crippen MR) is 205 cm³/mol. The van der Waals surface area contributed by atoms with Crippen molar-refractivity contribution in [3.8, 4) is 34.4 Å². The van der Waals surface area contributed by atoms with Gasteiger partial charge in [0, 0.05) is 55.1 Å². The number of pyridine rings is 1. The van der Waals surface area contributed by atoms with E-state index in [0.717, 1.165) is 51.1 Å². The molecule has 14 heteroatoms. The SMILES string of the molecule is Cc1c(COc2cc(OCc3cncc(C#N)c3)c(CN(C)CC(C)c3nnn[nH]3)cc2Cl)cccc1-c1cccc(OCCCNCC(O)CO)c1C. The lowest BCUT2D eigenvalue weighted by molar-refractivity contribution is 0.0942. The van der Waals surface area contributed by atoms with Gasteiger partial charge in [-0.25, -0.2) is 5.10 Å². The maximum atomic E-state index is 9.50. The Bertz CT molecular complexity index is 2010. The van der Waals surface area contributed by atoms with E-state index in [1.54, 1.807) is 12.3 Å². The Morgan fingerprint density at radius 2 is 1.74 bits per heavy atom. The van der Waals surface area contributed by atoms with Crippen molar-refractivity contribution in [2.75, 3.05) is 39.9 Å². The summed E-state index contributed by atoms with van der Waals surface area (Å²) in [7, 11) is 2.01. The van der Waals surface area contributed by atoms with Crippen LogP contribution in [0.3, 0.4) is 0 Å². The number of nitrogens with zero attached hydrogens (tertiary/aromatic N) is 6. The van der Waals surface area contributed by atoms with Crippen LogP contribution < -0.4 is 19.5 Å². The van der Waals surface area contributed by atoms with Crippen LogP contribution in [-0.2, 0) is 19.8 Å². The fraction of sp³-hybridized carbons (Fsp3) is 0.375. The minimum atomic E-state index is -0.760. The van der Waals surface area contributed by atoms with Crippen molar-refractivity contribution in [2.45, 2.75) is 59.0 Å². The number of aromatic nitrogens is 5. The quantitative estimate of drug-likeness (QED) is 0.0735. The van der Waals surface area contributed by atoms with Gasteiger partial charge in [0.1, 0.15) is 36.5 Å². The molecule has 0 fully saturated rings. The van der Waals surface area contributed by atoms with E-state index in [1.165, 1.54) is 6.20 Å². The molecule has 0 aliphatic carbocycles.